The number of carbonyl (C=O) groups is 1. The predicted octanol–water partition coefficient (Wildman–Crippen LogP) is 3.61. The largest absolute Gasteiger partial charge is 0.381 e. The van der Waals surface area contributed by atoms with Crippen molar-refractivity contribution in [1.29, 1.82) is 0 Å². The number of piperidine rings is 1. The van der Waals surface area contributed by atoms with E-state index in [1.807, 2.05) is 26.8 Å². The van der Waals surface area contributed by atoms with Gasteiger partial charge in [0.2, 0.25) is 11.9 Å². The maximum atomic E-state index is 12.0. The lowest BCUT2D eigenvalue weighted by molar-refractivity contribution is -0.123. The van der Waals surface area contributed by atoms with E-state index < -0.39 is 5.41 Å². The van der Waals surface area contributed by atoms with Crippen molar-refractivity contribution in [3.63, 3.8) is 0 Å². The Labute approximate surface area is 182 Å². The summed E-state index contributed by atoms with van der Waals surface area (Å²) in [6.45, 7) is 8.64. The van der Waals surface area contributed by atoms with Gasteiger partial charge >= 0.3 is 0 Å². The molecule has 0 radical (unpaired) electrons. The average Bonchev–Trinajstić information content (AvgIpc) is 2.73. The van der Waals surface area contributed by atoms with Crippen LogP contribution in [0.15, 0.2) is 30.7 Å². The number of aromatic nitrogens is 3. The average molecular weight is 433 g/mol. The summed E-state index contributed by atoms with van der Waals surface area (Å²) in [6.07, 6.45) is 7.08. The first-order valence-electron chi connectivity index (χ1n) is 10.2. The molecule has 0 saturated carbocycles. The number of hydrogen-bond acceptors (Lipinski definition) is 7. The minimum absolute atomic E-state index is 0.0576. The van der Waals surface area contributed by atoms with Crippen molar-refractivity contribution in [2.24, 2.45) is 5.41 Å². The smallest absolute Gasteiger partial charge is 0.230 e. The fourth-order valence-corrected chi connectivity index (χ4v) is 3.09. The molecule has 0 atom stereocenters. The molecule has 1 fully saturated rings. The standard InChI is InChI=1S/C21H29ClN6O2/c1-21(2,3)19(29)27-18-5-4-16(14-24-18)23-8-11-30-17-6-9-28(10-7-17)20-25-12-15(22)13-26-20/h4-5,12-14,17,23H,6-11H2,1-3H3,(H,24,27,29). The molecule has 1 saturated heterocycles. The topological polar surface area (TPSA) is 92.3 Å². The van der Waals surface area contributed by atoms with Gasteiger partial charge in [0.05, 0.1) is 42.0 Å². The van der Waals surface area contributed by atoms with E-state index in [9.17, 15) is 4.79 Å². The summed E-state index contributed by atoms with van der Waals surface area (Å²) >= 11 is 5.84. The molecule has 2 N–H and O–H groups in total. The molecule has 1 aliphatic heterocycles. The Morgan fingerprint density at radius 3 is 2.47 bits per heavy atom. The van der Waals surface area contributed by atoms with Crippen LogP contribution in [0.3, 0.4) is 0 Å². The Bertz CT molecular complexity index is 815. The van der Waals surface area contributed by atoms with E-state index in [0.717, 1.165) is 31.6 Å². The lowest BCUT2D eigenvalue weighted by atomic mass is 9.96. The van der Waals surface area contributed by atoms with Gasteiger partial charge in [0.15, 0.2) is 0 Å². The highest BCUT2D eigenvalue weighted by atomic mass is 35.5. The van der Waals surface area contributed by atoms with E-state index in [1.54, 1.807) is 24.7 Å². The van der Waals surface area contributed by atoms with E-state index >= 15 is 0 Å². The van der Waals surface area contributed by atoms with Gasteiger partial charge in [-0.25, -0.2) is 15.0 Å². The molecule has 2 aromatic heterocycles. The first kappa shape index (κ1) is 22.2. The van der Waals surface area contributed by atoms with E-state index in [-0.39, 0.29) is 12.0 Å². The molecule has 1 amide bonds. The molecule has 2 aromatic rings. The van der Waals surface area contributed by atoms with Crippen LogP contribution < -0.4 is 15.5 Å². The highest BCUT2D eigenvalue weighted by Gasteiger charge is 2.22. The van der Waals surface area contributed by atoms with Crippen LogP contribution in [0.2, 0.25) is 5.02 Å². The number of nitrogens with one attached hydrogen (secondary N) is 2. The Hall–Kier alpha value is -2.45. The highest BCUT2D eigenvalue weighted by molar-refractivity contribution is 6.30. The molecule has 3 heterocycles. The first-order valence-corrected chi connectivity index (χ1v) is 10.5. The maximum absolute atomic E-state index is 12.0. The molecule has 0 aromatic carbocycles. The minimum atomic E-state index is -0.450. The van der Waals surface area contributed by atoms with Gasteiger partial charge in [-0.3, -0.25) is 4.79 Å². The molecule has 162 valence electrons. The second-order valence-electron chi connectivity index (χ2n) is 8.32. The van der Waals surface area contributed by atoms with Crippen LogP contribution in [0.25, 0.3) is 0 Å². The normalized spacial score (nSPS) is 15.1. The number of anilines is 3. The van der Waals surface area contributed by atoms with Crippen LogP contribution in [0.5, 0.6) is 0 Å². The number of carbonyl (C=O) groups excluding carboxylic acids is 1. The zero-order chi connectivity index (χ0) is 21.6. The van der Waals surface area contributed by atoms with Gasteiger partial charge < -0.3 is 20.3 Å². The maximum Gasteiger partial charge on any atom is 0.230 e. The third-order valence-electron chi connectivity index (χ3n) is 4.80. The number of ether oxygens (including phenoxy) is 1. The fraction of sp³-hybridized carbons (Fsp3) is 0.524. The first-order chi connectivity index (χ1) is 14.3. The number of rotatable bonds is 7. The minimum Gasteiger partial charge on any atom is -0.381 e. The molecule has 9 heteroatoms. The SMILES string of the molecule is CC(C)(C)C(=O)Nc1ccc(NCCOC2CCN(c3ncc(Cl)cn3)CC2)cn1. The van der Waals surface area contributed by atoms with Gasteiger partial charge in [0.25, 0.3) is 0 Å². The number of halogens is 1. The van der Waals surface area contributed by atoms with E-state index in [0.29, 0.717) is 29.9 Å². The summed E-state index contributed by atoms with van der Waals surface area (Å²) in [4.78, 5) is 27.0. The van der Waals surface area contributed by atoms with Crippen LogP contribution in [0, 0.1) is 5.41 Å². The fourth-order valence-electron chi connectivity index (χ4n) is 2.99. The molecule has 1 aliphatic rings. The van der Waals surface area contributed by atoms with Gasteiger partial charge in [-0.05, 0) is 25.0 Å². The lowest BCUT2D eigenvalue weighted by Crippen LogP contribution is -2.38. The Kier molecular flexibility index (Phi) is 7.44. The molecular formula is C21H29ClN6O2. The van der Waals surface area contributed by atoms with E-state index in [4.69, 9.17) is 16.3 Å². The summed E-state index contributed by atoms with van der Waals surface area (Å²) in [5.41, 5.74) is 0.440. The third-order valence-corrected chi connectivity index (χ3v) is 5.00. The van der Waals surface area contributed by atoms with Crippen LogP contribution in [-0.4, -0.2) is 53.2 Å². The van der Waals surface area contributed by atoms with Crippen molar-refractivity contribution in [2.75, 3.05) is 41.8 Å². The Balaban J connectivity index is 1.33. The van der Waals surface area contributed by atoms with Crippen molar-refractivity contribution in [1.82, 2.24) is 15.0 Å². The van der Waals surface area contributed by atoms with Crippen LogP contribution in [0.1, 0.15) is 33.6 Å². The van der Waals surface area contributed by atoms with Crippen molar-refractivity contribution in [3.05, 3.63) is 35.7 Å². The van der Waals surface area contributed by atoms with Crippen molar-refractivity contribution in [2.45, 2.75) is 39.7 Å². The number of pyridine rings is 1. The van der Waals surface area contributed by atoms with E-state index in [1.165, 1.54) is 0 Å². The Morgan fingerprint density at radius 1 is 1.17 bits per heavy atom. The van der Waals surface area contributed by atoms with Crippen molar-refractivity contribution < 1.29 is 9.53 Å². The zero-order valence-electron chi connectivity index (χ0n) is 17.7. The molecule has 0 bridgehead atoms. The predicted molar refractivity (Wildman–Crippen MR) is 119 cm³/mol. The van der Waals surface area contributed by atoms with Crippen molar-refractivity contribution >= 4 is 35.0 Å². The molecule has 0 spiro atoms. The molecule has 8 nitrogen and oxygen atoms in total. The summed E-state index contributed by atoms with van der Waals surface area (Å²) in [5.74, 6) is 1.21. The van der Waals surface area contributed by atoms with Gasteiger partial charge in [0.1, 0.15) is 5.82 Å². The van der Waals surface area contributed by atoms with Gasteiger partial charge in [-0.1, -0.05) is 32.4 Å². The molecular weight excluding hydrogens is 404 g/mol. The summed E-state index contributed by atoms with van der Waals surface area (Å²) in [6, 6.07) is 3.69. The van der Waals surface area contributed by atoms with Gasteiger partial charge in [-0.2, -0.15) is 0 Å². The summed E-state index contributed by atoms with van der Waals surface area (Å²) in [7, 11) is 0. The second kappa shape index (κ2) is 10.0. The molecule has 30 heavy (non-hydrogen) atoms. The molecule has 3 rings (SSSR count). The second-order valence-corrected chi connectivity index (χ2v) is 8.76. The van der Waals surface area contributed by atoms with Crippen LogP contribution in [-0.2, 0) is 9.53 Å². The number of nitrogens with zero attached hydrogens (tertiary/aromatic N) is 4. The van der Waals surface area contributed by atoms with Gasteiger partial charge in [-0.15, -0.1) is 0 Å². The van der Waals surface area contributed by atoms with Crippen LogP contribution >= 0.6 is 11.6 Å². The number of amides is 1. The quantitative estimate of drug-likeness (QED) is 0.645. The number of hydrogen-bond donors (Lipinski definition) is 2. The van der Waals surface area contributed by atoms with Crippen molar-refractivity contribution in [3.8, 4) is 0 Å². The Morgan fingerprint density at radius 2 is 1.87 bits per heavy atom. The zero-order valence-corrected chi connectivity index (χ0v) is 18.4. The lowest BCUT2D eigenvalue weighted by Gasteiger charge is -2.31. The monoisotopic (exact) mass is 432 g/mol. The molecule has 0 unspecified atom stereocenters. The van der Waals surface area contributed by atoms with Crippen LogP contribution in [0.4, 0.5) is 17.5 Å². The van der Waals surface area contributed by atoms with E-state index in [2.05, 4.69) is 30.5 Å². The molecule has 0 aliphatic carbocycles. The summed E-state index contributed by atoms with van der Waals surface area (Å²) in [5, 5.41) is 6.65. The highest BCUT2D eigenvalue weighted by Crippen LogP contribution is 2.19. The van der Waals surface area contributed by atoms with Gasteiger partial charge in [0, 0.05) is 25.0 Å². The third kappa shape index (κ3) is 6.53. The summed E-state index contributed by atoms with van der Waals surface area (Å²) < 4.78 is 5.99.